The number of carbonyl (C=O) groups excluding carboxylic acids is 2. The van der Waals surface area contributed by atoms with E-state index in [4.69, 9.17) is 23.7 Å². The highest BCUT2D eigenvalue weighted by Crippen LogP contribution is 2.52. The number of hydrogen-bond donors (Lipinski definition) is 1. The molecule has 1 aliphatic rings. The van der Waals surface area contributed by atoms with Gasteiger partial charge in [-0.05, 0) is 34.9 Å². The largest absolute Gasteiger partial charge is 0.505 e. The summed E-state index contributed by atoms with van der Waals surface area (Å²) in [7, 11) is 6.60. The molecule has 9 heteroatoms. The van der Waals surface area contributed by atoms with Crippen LogP contribution >= 0.6 is 0 Å². The number of phenols is 1. The molecule has 0 aromatic heterocycles. The van der Waals surface area contributed by atoms with Crippen molar-refractivity contribution in [1.82, 2.24) is 0 Å². The summed E-state index contributed by atoms with van der Waals surface area (Å²) in [5.41, 5.74) is -0.232. The van der Waals surface area contributed by atoms with Crippen molar-refractivity contribution >= 4 is 11.9 Å². The van der Waals surface area contributed by atoms with Gasteiger partial charge < -0.3 is 28.8 Å². The van der Waals surface area contributed by atoms with E-state index in [0.29, 0.717) is 22.4 Å². The Morgan fingerprint density at radius 2 is 1.45 bits per heavy atom. The molecule has 0 unspecified atom stereocenters. The topological polar surface area (TPSA) is 101 Å². The molecule has 0 fully saturated rings. The highest BCUT2D eigenvalue weighted by atomic mass is 19.1. The van der Waals surface area contributed by atoms with E-state index in [2.05, 4.69) is 0 Å². The summed E-state index contributed by atoms with van der Waals surface area (Å²) in [6, 6.07) is 3.91. The van der Waals surface area contributed by atoms with E-state index in [1.165, 1.54) is 27.4 Å². The van der Waals surface area contributed by atoms with Gasteiger partial charge in [-0.1, -0.05) is 0 Å². The van der Waals surface area contributed by atoms with Gasteiger partial charge in [0.1, 0.15) is 0 Å². The van der Waals surface area contributed by atoms with Crippen molar-refractivity contribution in [3.05, 3.63) is 35.1 Å². The van der Waals surface area contributed by atoms with Gasteiger partial charge in [0, 0.05) is 18.4 Å². The minimum Gasteiger partial charge on any atom is -0.505 e. The van der Waals surface area contributed by atoms with Crippen molar-refractivity contribution in [2.24, 2.45) is 5.41 Å². The Balaban J connectivity index is 2.49. The number of hydrogen-bond acceptors (Lipinski definition) is 8. The molecule has 0 saturated heterocycles. The van der Waals surface area contributed by atoms with Crippen LogP contribution in [0, 0.1) is 11.2 Å². The van der Waals surface area contributed by atoms with Crippen molar-refractivity contribution in [2.75, 3.05) is 35.5 Å². The molecule has 2 aromatic carbocycles. The maximum Gasteiger partial charge on any atom is 0.323 e. The third-order valence-electron chi connectivity index (χ3n) is 5.49. The van der Waals surface area contributed by atoms with Gasteiger partial charge in [0.25, 0.3) is 0 Å². The predicted octanol–water partition coefficient (Wildman–Crippen LogP) is 2.66. The second-order valence-corrected chi connectivity index (χ2v) is 7.06. The lowest BCUT2D eigenvalue weighted by Crippen LogP contribution is -2.44. The van der Waals surface area contributed by atoms with Gasteiger partial charge in [0.2, 0.25) is 5.75 Å². The molecule has 0 radical (unpaired) electrons. The van der Waals surface area contributed by atoms with Crippen LogP contribution in [-0.2, 0) is 31.9 Å². The molecule has 31 heavy (non-hydrogen) atoms. The Labute approximate surface area is 178 Å². The molecule has 1 N–H and O–H groups in total. The summed E-state index contributed by atoms with van der Waals surface area (Å²) < 4.78 is 40.7. The van der Waals surface area contributed by atoms with Gasteiger partial charge >= 0.3 is 11.9 Å². The zero-order chi connectivity index (χ0) is 22.9. The summed E-state index contributed by atoms with van der Waals surface area (Å²) in [5.74, 6) is -2.34. The van der Waals surface area contributed by atoms with Gasteiger partial charge in [0.15, 0.2) is 28.5 Å². The van der Waals surface area contributed by atoms with E-state index in [-0.39, 0.29) is 29.9 Å². The molecule has 0 saturated carbocycles. The highest BCUT2D eigenvalue weighted by Gasteiger charge is 2.51. The van der Waals surface area contributed by atoms with Crippen LogP contribution < -0.4 is 14.2 Å². The number of aromatic hydroxyl groups is 1. The average Bonchev–Trinajstić information content (AvgIpc) is 2.91. The Kier molecular flexibility index (Phi) is 5.97. The molecule has 0 aliphatic heterocycles. The van der Waals surface area contributed by atoms with Crippen LogP contribution in [0.15, 0.2) is 18.2 Å². The number of benzene rings is 2. The molecule has 8 nitrogen and oxygen atoms in total. The SMILES string of the molecule is COC(=O)C1(C(=O)OC)Cc2cc(F)c(O)cc2-c2c(cc(OC)c(OC)c2OC)C1. The monoisotopic (exact) mass is 434 g/mol. The predicted molar refractivity (Wildman–Crippen MR) is 107 cm³/mol. The van der Waals surface area contributed by atoms with Gasteiger partial charge in [-0.15, -0.1) is 0 Å². The van der Waals surface area contributed by atoms with Gasteiger partial charge in [-0.2, -0.15) is 0 Å². The Morgan fingerprint density at radius 3 is 1.97 bits per heavy atom. The van der Waals surface area contributed by atoms with Crippen molar-refractivity contribution < 1.29 is 42.8 Å². The van der Waals surface area contributed by atoms with Crippen molar-refractivity contribution in [2.45, 2.75) is 12.8 Å². The number of methoxy groups -OCH3 is 5. The molecule has 0 amide bonds. The molecule has 0 atom stereocenters. The maximum atomic E-state index is 14.3. The minimum absolute atomic E-state index is 0.143. The molecule has 3 rings (SSSR count). The van der Waals surface area contributed by atoms with E-state index < -0.39 is 28.9 Å². The number of carbonyl (C=O) groups is 2. The number of rotatable bonds is 5. The molecular formula is C22H23FO8. The van der Waals surface area contributed by atoms with Gasteiger partial charge in [0.05, 0.1) is 35.5 Å². The summed E-state index contributed by atoms with van der Waals surface area (Å²) in [5, 5.41) is 10.1. The van der Waals surface area contributed by atoms with E-state index in [0.717, 1.165) is 20.3 Å². The summed E-state index contributed by atoms with van der Waals surface area (Å²) in [6.07, 6.45) is -0.364. The first-order valence-corrected chi connectivity index (χ1v) is 9.28. The van der Waals surface area contributed by atoms with Gasteiger partial charge in [-0.25, -0.2) is 4.39 Å². The third kappa shape index (κ3) is 3.39. The summed E-state index contributed by atoms with van der Waals surface area (Å²) in [6.45, 7) is 0. The zero-order valence-electron chi connectivity index (χ0n) is 17.8. The average molecular weight is 434 g/mol. The third-order valence-corrected chi connectivity index (χ3v) is 5.49. The number of halogens is 1. The van der Waals surface area contributed by atoms with E-state index in [1.807, 2.05) is 0 Å². The summed E-state index contributed by atoms with van der Waals surface area (Å²) in [4.78, 5) is 25.8. The highest BCUT2D eigenvalue weighted by molar-refractivity contribution is 6.02. The smallest absolute Gasteiger partial charge is 0.323 e. The minimum atomic E-state index is -1.79. The number of esters is 2. The molecular weight excluding hydrogens is 411 g/mol. The van der Waals surface area contributed by atoms with Crippen LogP contribution in [0.5, 0.6) is 23.0 Å². The van der Waals surface area contributed by atoms with Crippen LogP contribution in [0.3, 0.4) is 0 Å². The van der Waals surface area contributed by atoms with Crippen LogP contribution in [0.25, 0.3) is 11.1 Å². The van der Waals surface area contributed by atoms with Crippen LogP contribution in [0.2, 0.25) is 0 Å². The van der Waals surface area contributed by atoms with E-state index >= 15 is 0 Å². The van der Waals surface area contributed by atoms with Crippen LogP contribution in [0.4, 0.5) is 4.39 Å². The quantitative estimate of drug-likeness (QED) is 0.566. The Morgan fingerprint density at radius 1 is 0.871 bits per heavy atom. The molecule has 0 bridgehead atoms. The fourth-order valence-electron chi connectivity index (χ4n) is 4.10. The molecule has 166 valence electrons. The van der Waals surface area contributed by atoms with E-state index in [1.54, 1.807) is 6.07 Å². The number of fused-ring (bicyclic) bond motifs is 3. The Hall–Kier alpha value is -3.49. The first-order chi connectivity index (χ1) is 14.8. The second-order valence-electron chi connectivity index (χ2n) is 7.06. The number of phenolic OH excluding ortho intramolecular Hbond substituents is 1. The molecule has 0 spiro atoms. The lowest BCUT2D eigenvalue weighted by Gasteiger charge is -2.27. The van der Waals surface area contributed by atoms with Crippen LogP contribution in [-0.4, -0.2) is 52.6 Å². The normalized spacial score (nSPS) is 13.9. The summed E-state index contributed by atoms with van der Waals surface area (Å²) >= 11 is 0. The standard InChI is InChI=1S/C22H23FO8/c1-27-16-7-12-10-22(20(25)30-4,21(26)31-5)9-11-6-14(23)15(24)8-13(11)17(12)19(29-3)18(16)28-2/h6-8,24H,9-10H2,1-5H3. The second kappa shape index (κ2) is 8.33. The van der Waals surface area contributed by atoms with E-state index in [9.17, 15) is 19.1 Å². The van der Waals surface area contributed by atoms with Crippen LogP contribution in [0.1, 0.15) is 11.1 Å². The van der Waals surface area contributed by atoms with Crippen molar-refractivity contribution in [3.63, 3.8) is 0 Å². The Bertz CT molecular complexity index is 1030. The molecule has 1 aliphatic carbocycles. The molecule has 2 aromatic rings. The lowest BCUT2D eigenvalue weighted by atomic mass is 9.77. The first kappa shape index (κ1) is 22.2. The van der Waals surface area contributed by atoms with Gasteiger partial charge in [-0.3, -0.25) is 9.59 Å². The first-order valence-electron chi connectivity index (χ1n) is 9.28. The van der Waals surface area contributed by atoms with Crippen molar-refractivity contribution in [1.29, 1.82) is 0 Å². The fourth-order valence-corrected chi connectivity index (χ4v) is 4.10. The van der Waals surface area contributed by atoms with Crippen molar-refractivity contribution in [3.8, 4) is 34.1 Å². The lowest BCUT2D eigenvalue weighted by molar-refractivity contribution is -0.169. The fraction of sp³-hybridized carbons (Fsp3) is 0.364. The number of ether oxygens (including phenoxy) is 5. The maximum absolute atomic E-state index is 14.3. The zero-order valence-corrected chi connectivity index (χ0v) is 17.8. The molecule has 0 heterocycles.